The first-order chi connectivity index (χ1) is 6.36. The maximum atomic E-state index is 9.59. The largest absolute Gasteiger partial charge is 0.389 e. The van der Waals surface area contributed by atoms with E-state index < -0.39 is 0 Å². The molecule has 1 N–H and O–H groups in total. The molecule has 0 bridgehead atoms. The van der Waals surface area contributed by atoms with Gasteiger partial charge in [-0.05, 0) is 47.2 Å². The minimum atomic E-state index is -0.225. The molecule has 2 rings (SSSR count). The third-order valence-corrected chi connectivity index (χ3v) is 3.16. The van der Waals surface area contributed by atoms with Crippen LogP contribution in [-0.4, -0.2) is 11.2 Å². The van der Waals surface area contributed by atoms with E-state index in [4.69, 9.17) is 0 Å². The predicted molar refractivity (Wildman–Crippen MR) is 56.8 cm³/mol. The molecule has 13 heavy (non-hydrogen) atoms. The van der Waals surface area contributed by atoms with E-state index in [-0.39, 0.29) is 6.10 Å². The average Bonchev–Trinajstić information content (AvgIpc) is 2.56. The van der Waals surface area contributed by atoms with E-state index in [1.165, 1.54) is 17.6 Å². The molecule has 1 atom stereocenters. The van der Waals surface area contributed by atoms with Gasteiger partial charge >= 0.3 is 0 Å². The second-order valence-corrected chi connectivity index (χ2v) is 4.30. The number of rotatable bonds is 1. The van der Waals surface area contributed by atoms with E-state index in [1.54, 1.807) is 11.3 Å². The fraction of sp³-hybridized carbons (Fsp3) is 0.455. The van der Waals surface area contributed by atoms with Gasteiger partial charge in [0.1, 0.15) is 0 Å². The summed E-state index contributed by atoms with van der Waals surface area (Å²) >= 11 is 1.72. The minimum absolute atomic E-state index is 0.225. The summed E-state index contributed by atoms with van der Waals surface area (Å²) in [5, 5.41) is 13.8. The molecule has 0 radical (unpaired) electrons. The van der Waals surface area contributed by atoms with E-state index in [9.17, 15) is 5.11 Å². The zero-order valence-corrected chi connectivity index (χ0v) is 8.39. The highest BCUT2D eigenvalue weighted by molar-refractivity contribution is 7.08. The monoisotopic (exact) mass is 194 g/mol. The van der Waals surface area contributed by atoms with Crippen molar-refractivity contribution in [2.75, 3.05) is 0 Å². The first kappa shape index (κ1) is 8.97. The van der Waals surface area contributed by atoms with Crippen molar-refractivity contribution in [1.29, 1.82) is 0 Å². The molecule has 1 aromatic rings. The summed E-state index contributed by atoms with van der Waals surface area (Å²) in [6.45, 7) is 0. The molecule has 2 heteroatoms. The lowest BCUT2D eigenvalue weighted by molar-refractivity contribution is 0.211. The standard InChI is InChI=1S/C11H14OS/c12-11-4-2-1-3-9(7-11)10-5-6-13-8-10/h5-8,11-12H,1-4H2. The highest BCUT2D eigenvalue weighted by Gasteiger charge is 2.10. The summed E-state index contributed by atoms with van der Waals surface area (Å²) in [4.78, 5) is 0. The van der Waals surface area contributed by atoms with Crippen LogP contribution in [0.4, 0.5) is 0 Å². The number of allylic oxidation sites excluding steroid dienone is 1. The zero-order valence-electron chi connectivity index (χ0n) is 7.57. The number of thiophene rings is 1. The maximum absolute atomic E-state index is 9.59. The molecule has 1 aliphatic carbocycles. The van der Waals surface area contributed by atoms with Crippen LogP contribution >= 0.6 is 11.3 Å². The Morgan fingerprint density at radius 2 is 2.31 bits per heavy atom. The molecule has 0 fully saturated rings. The number of hydrogen-bond donors (Lipinski definition) is 1. The predicted octanol–water partition coefficient (Wildman–Crippen LogP) is 3.07. The van der Waals surface area contributed by atoms with Crippen LogP contribution in [0.5, 0.6) is 0 Å². The summed E-state index contributed by atoms with van der Waals surface area (Å²) in [5.74, 6) is 0. The van der Waals surface area contributed by atoms with Crippen molar-refractivity contribution >= 4 is 16.9 Å². The summed E-state index contributed by atoms with van der Waals surface area (Å²) < 4.78 is 0. The Morgan fingerprint density at radius 3 is 3.08 bits per heavy atom. The van der Waals surface area contributed by atoms with Crippen molar-refractivity contribution in [1.82, 2.24) is 0 Å². The van der Waals surface area contributed by atoms with Crippen LogP contribution in [0.2, 0.25) is 0 Å². The van der Waals surface area contributed by atoms with Gasteiger partial charge in [0.25, 0.3) is 0 Å². The topological polar surface area (TPSA) is 20.2 Å². The highest BCUT2D eigenvalue weighted by atomic mass is 32.1. The Bertz CT molecular complexity index is 287. The molecule has 1 unspecified atom stereocenters. The van der Waals surface area contributed by atoms with Gasteiger partial charge in [-0.3, -0.25) is 0 Å². The smallest absolute Gasteiger partial charge is 0.0726 e. The van der Waals surface area contributed by atoms with Crippen LogP contribution in [0.15, 0.2) is 22.9 Å². The van der Waals surface area contributed by atoms with Gasteiger partial charge in [-0.2, -0.15) is 11.3 Å². The Morgan fingerprint density at radius 1 is 1.38 bits per heavy atom. The molecular formula is C11H14OS. The highest BCUT2D eigenvalue weighted by Crippen LogP contribution is 2.27. The number of aliphatic hydroxyl groups excluding tert-OH is 1. The maximum Gasteiger partial charge on any atom is 0.0726 e. The molecule has 70 valence electrons. The number of hydrogen-bond acceptors (Lipinski definition) is 2. The Labute approximate surface area is 82.7 Å². The fourth-order valence-corrected chi connectivity index (χ4v) is 2.44. The van der Waals surface area contributed by atoms with Crippen molar-refractivity contribution in [2.24, 2.45) is 0 Å². The van der Waals surface area contributed by atoms with Crippen molar-refractivity contribution in [2.45, 2.75) is 31.8 Å². The Balaban J connectivity index is 2.21. The summed E-state index contributed by atoms with van der Waals surface area (Å²) in [6, 6.07) is 2.13. The lowest BCUT2D eigenvalue weighted by atomic mass is 10.0. The summed E-state index contributed by atoms with van der Waals surface area (Å²) in [6.07, 6.45) is 6.19. The van der Waals surface area contributed by atoms with Crippen molar-refractivity contribution in [3.63, 3.8) is 0 Å². The second-order valence-electron chi connectivity index (χ2n) is 3.52. The molecule has 1 aromatic heterocycles. The number of aliphatic hydroxyl groups is 1. The van der Waals surface area contributed by atoms with Crippen LogP contribution in [0, 0.1) is 0 Å². The van der Waals surface area contributed by atoms with Crippen molar-refractivity contribution < 1.29 is 5.11 Å². The van der Waals surface area contributed by atoms with E-state index in [0.29, 0.717) is 0 Å². The van der Waals surface area contributed by atoms with Gasteiger partial charge in [0.15, 0.2) is 0 Å². The van der Waals surface area contributed by atoms with Crippen LogP contribution in [0.1, 0.15) is 31.2 Å². The van der Waals surface area contributed by atoms with Gasteiger partial charge < -0.3 is 5.11 Å². The molecule has 0 aliphatic heterocycles. The van der Waals surface area contributed by atoms with E-state index >= 15 is 0 Å². The molecule has 0 spiro atoms. The molecule has 0 aromatic carbocycles. The molecule has 1 nitrogen and oxygen atoms in total. The molecule has 0 saturated carbocycles. The molecule has 0 saturated heterocycles. The van der Waals surface area contributed by atoms with E-state index in [2.05, 4.69) is 16.8 Å². The Hall–Kier alpha value is -0.600. The molecule has 1 heterocycles. The van der Waals surface area contributed by atoms with E-state index in [0.717, 1.165) is 19.3 Å². The Kier molecular flexibility index (Phi) is 2.81. The average molecular weight is 194 g/mol. The van der Waals surface area contributed by atoms with Gasteiger partial charge in [-0.1, -0.05) is 12.5 Å². The fourth-order valence-electron chi connectivity index (χ4n) is 1.76. The lowest BCUT2D eigenvalue weighted by Gasteiger charge is -2.03. The quantitative estimate of drug-likeness (QED) is 0.728. The van der Waals surface area contributed by atoms with Crippen LogP contribution in [0.25, 0.3) is 5.57 Å². The first-order valence-corrected chi connectivity index (χ1v) is 5.72. The van der Waals surface area contributed by atoms with Crippen molar-refractivity contribution in [3.8, 4) is 0 Å². The summed E-state index contributed by atoms with van der Waals surface area (Å²) in [5.41, 5.74) is 2.62. The SMILES string of the molecule is OC1C=C(c2ccsc2)CCCC1. The molecule has 1 aliphatic rings. The van der Waals surface area contributed by atoms with E-state index in [1.807, 2.05) is 6.08 Å². The lowest BCUT2D eigenvalue weighted by Crippen LogP contribution is -1.99. The van der Waals surface area contributed by atoms with Crippen LogP contribution in [-0.2, 0) is 0 Å². The van der Waals surface area contributed by atoms with Gasteiger partial charge in [-0.15, -0.1) is 0 Å². The third-order valence-electron chi connectivity index (χ3n) is 2.48. The van der Waals surface area contributed by atoms with Gasteiger partial charge in [-0.25, -0.2) is 0 Å². The van der Waals surface area contributed by atoms with Gasteiger partial charge in [0, 0.05) is 0 Å². The normalized spacial score (nSPS) is 23.8. The molecule has 0 amide bonds. The summed E-state index contributed by atoms with van der Waals surface area (Å²) in [7, 11) is 0. The zero-order chi connectivity index (χ0) is 9.10. The van der Waals surface area contributed by atoms with Gasteiger partial charge in [0.2, 0.25) is 0 Å². The third kappa shape index (κ3) is 2.20. The van der Waals surface area contributed by atoms with Crippen LogP contribution in [0.3, 0.4) is 0 Å². The second kappa shape index (κ2) is 4.07. The minimum Gasteiger partial charge on any atom is -0.389 e. The van der Waals surface area contributed by atoms with Gasteiger partial charge in [0.05, 0.1) is 6.10 Å². The first-order valence-electron chi connectivity index (χ1n) is 4.77. The van der Waals surface area contributed by atoms with Crippen molar-refractivity contribution in [3.05, 3.63) is 28.5 Å². The van der Waals surface area contributed by atoms with Crippen LogP contribution < -0.4 is 0 Å². The molecular weight excluding hydrogens is 180 g/mol.